The summed E-state index contributed by atoms with van der Waals surface area (Å²) >= 11 is 0. The molecule has 1 aromatic carbocycles. The zero-order valence-electron chi connectivity index (χ0n) is 11.0. The summed E-state index contributed by atoms with van der Waals surface area (Å²) in [5.74, 6) is 0.760. The summed E-state index contributed by atoms with van der Waals surface area (Å²) in [6, 6.07) is 11.8. The van der Waals surface area contributed by atoms with E-state index in [1.165, 1.54) is 12.0 Å². The predicted molar refractivity (Wildman–Crippen MR) is 71.5 cm³/mol. The van der Waals surface area contributed by atoms with Crippen LogP contribution >= 0.6 is 0 Å². The molecule has 0 amide bonds. The van der Waals surface area contributed by atoms with Gasteiger partial charge in [-0.25, -0.2) is 0 Å². The maximum absolute atomic E-state index is 3.71. The Balaban J connectivity index is 2.56. The summed E-state index contributed by atoms with van der Waals surface area (Å²) in [6.07, 6.45) is 2.38. The fourth-order valence-electron chi connectivity index (χ4n) is 2.25. The molecule has 0 bridgehead atoms. The van der Waals surface area contributed by atoms with E-state index < -0.39 is 0 Å². The van der Waals surface area contributed by atoms with E-state index in [4.69, 9.17) is 0 Å². The third-order valence-corrected chi connectivity index (χ3v) is 2.92. The van der Waals surface area contributed by atoms with Crippen LogP contribution in [0.5, 0.6) is 0 Å². The maximum atomic E-state index is 3.71. The molecule has 1 heteroatoms. The summed E-state index contributed by atoms with van der Waals surface area (Å²) in [7, 11) is 0. The van der Waals surface area contributed by atoms with Gasteiger partial charge in [0.15, 0.2) is 0 Å². The third-order valence-electron chi connectivity index (χ3n) is 2.92. The van der Waals surface area contributed by atoms with Gasteiger partial charge in [0.25, 0.3) is 0 Å². The molecule has 0 aliphatic heterocycles. The van der Waals surface area contributed by atoms with E-state index in [0.717, 1.165) is 12.3 Å². The molecule has 1 N–H and O–H groups in total. The average molecular weight is 219 g/mol. The van der Waals surface area contributed by atoms with Gasteiger partial charge in [0.2, 0.25) is 0 Å². The Labute approximate surface area is 100 Å². The molecule has 0 saturated carbocycles. The van der Waals surface area contributed by atoms with Crippen molar-refractivity contribution in [2.45, 2.75) is 52.6 Å². The first kappa shape index (κ1) is 13.2. The van der Waals surface area contributed by atoms with E-state index >= 15 is 0 Å². The molecular weight excluding hydrogens is 194 g/mol. The van der Waals surface area contributed by atoms with Crippen molar-refractivity contribution < 1.29 is 0 Å². The first-order chi connectivity index (χ1) is 7.63. The second-order valence-electron chi connectivity index (χ2n) is 5.07. The first-order valence-corrected chi connectivity index (χ1v) is 6.44. The van der Waals surface area contributed by atoms with Crippen LogP contribution < -0.4 is 5.32 Å². The second kappa shape index (κ2) is 6.70. The van der Waals surface area contributed by atoms with E-state index in [0.29, 0.717) is 12.1 Å². The monoisotopic (exact) mass is 219 g/mol. The van der Waals surface area contributed by atoms with Gasteiger partial charge in [-0.1, -0.05) is 51.1 Å². The lowest BCUT2D eigenvalue weighted by Crippen LogP contribution is -2.31. The van der Waals surface area contributed by atoms with Crippen LogP contribution in [0.15, 0.2) is 30.3 Å². The first-order valence-electron chi connectivity index (χ1n) is 6.44. The Morgan fingerprint density at radius 1 is 1.06 bits per heavy atom. The van der Waals surface area contributed by atoms with Gasteiger partial charge in [-0.05, 0) is 31.2 Å². The molecule has 0 aliphatic rings. The molecule has 0 radical (unpaired) electrons. The predicted octanol–water partition coefficient (Wildman–Crippen LogP) is 4.16. The highest BCUT2D eigenvalue weighted by Gasteiger charge is 2.12. The van der Waals surface area contributed by atoms with Gasteiger partial charge in [-0.3, -0.25) is 0 Å². The zero-order chi connectivity index (χ0) is 12.0. The van der Waals surface area contributed by atoms with Crippen LogP contribution in [0, 0.1) is 5.92 Å². The SMILES string of the molecule is CCC(NC(C)CC(C)C)c1ccccc1. The quantitative estimate of drug-likeness (QED) is 0.757. The highest BCUT2D eigenvalue weighted by molar-refractivity contribution is 5.18. The molecule has 0 saturated heterocycles. The fourth-order valence-corrected chi connectivity index (χ4v) is 2.25. The largest absolute Gasteiger partial charge is 0.307 e. The molecule has 2 atom stereocenters. The Bertz CT molecular complexity index is 279. The Morgan fingerprint density at radius 2 is 1.69 bits per heavy atom. The molecular formula is C15H25N. The third kappa shape index (κ3) is 4.36. The number of benzene rings is 1. The van der Waals surface area contributed by atoms with Crippen LogP contribution in [0.25, 0.3) is 0 Å². The Hall–Kier alpha value is -0.820. The molecule has 1 rings (SSSR count). The van der Waals surface area contributed by atoms with Crippen molar-refractivity contribution in [3.05, 3.63) is 35.9 Å². The van der Waals surface area contributed by atoms with Crippen molar-refractivity contribution in [1.82, 2.24) is 5.32 Å². The van der Waals surface area contributed by atoms with Crippen LogP contribution in [0.1, 0.15) is 52.1 Å². The van der Waals surface area contributed by atoms with Gasteiger partial charge >= 0.3 is 0 Å². The molecule has 90 valence electrons. The van der Waals surface area contributed by atoms with Crippen molar-refractivity contribution in [3.8, 4) is 0 Å². The second-order valence-corrected chi connectivity index (χ2v) is 5.07. The standard InChI is InChI=1S/C15H25N/c1-5-15(14-9-7-6-8-10-14)16-13(4)11-12(2)3/h6-10,12-13,15-16H,5,11H2,1-4H3. The smallest absolute Gasteiger partial charge is 0.0319 e. The topological polar surface area (TPSA) is 12.0 Å². The van der Waals surface area contributed by atoms with E-state index in [1.54, 1.807) is 0 Å². The Kier molecular flexibility index (Phi) is 5.54. The number of hydrogen-bond donors (Lipinski definition) is 1. The molecule has 16 heavy (non-hydrogen) atoms. The summed E-state index contributed by atoms with van der Waals surface area (Å²) in [6.45, 7) is 9.08. The van der Waals surface area contributed by atoms with Crippen molar-refractivity contribution in [1.29, 1.82) is 0 Å². The normalized spacial score (nSPS) is 15.1. The highest BCUT2D eigenvalue weighted by atomic mass is 14.9. The number of nitrogens with one attached hydrogen (secondary N) is 1. The molecule has 0 spiro atoms. The minimum atomic E-state index is 0.495. The van der Waals surface area contributed by atoms with Crippen LogP contribution in [-0.4, -0.2) is 6.04 Å². The van der Waals surface area contributed by atoms with E-state index in [-0.39, 0.29) is 0 Å². The lowest BCUT2D eigenvalue weighted by molar-refractivity contribution is 0.388. The number of rotatable bonds is 6. The highest BCUT2D eigenvalue weighted by Crippen LogP contribution is 2.18. The van der Waals surface area contributed by atoms with Gasteiger partial charge < -0.3 is 5.32 Å². The van der Waals surface area contributed by atoms with Gasteiger partial charge in [-0.2, -0.15) is 0 Å². The molecule has 0 aromatic heterocycles. The lowest BCUT2D eigenvalue weighted by atomic mass is 10.0. The van der Waals surface area contributed by atoms with Crippen molar-refractivity contribution in [2.75, 3.05) is 0 Å². The average Bonchev–Trinajstić information content (AvgIpc) is 2.26. The van der Waals surface area contributed by atoms with Crippen LogP contribution in [-0.2, 0) is 0 Å². The zero-order valence-corrected chi connectivity index (χ0v) is 11.0. The van der Waals surface area contributed by atoms with Gasteiger partial charge in [0.05, 0.1) is 0 Å². The van der Waals surface area contributed by atoms with Gasteiger partial charge in [-0.15, -0.1) is 0 Å². The summed E-state index contributed by atoms with van der Waals surface area (Å²) in [4.78, 5) is 0. The maximum Gasteiger partial charge on any atom is 0.0319 e. The van der Waals surface area contributed by atoms with E-state index in [2.05, 4.69) is 63.3 Å². The molecule has 1 aromatic rings. The molecule has 0 aliphatic carbocycles. The van der Waals surface area contributed by atoms with Gasteiger partial charge in [0, 0.05) is 12.1 Å². The summed E-state index contributed by atoms with van der Waals surface area (Å²) in [5.41, 5.74) is 1.40. The summed E-state index contributed by atoms with van der Waals surface area (Å²) < 4.78 is 0. The van der Waals surface area contributed by atoms with Crippen LogP contribution in [0.2, 0.25) is 0 Å². The van der Waals surface area contributed by atoms with E-state index in [9.17, 15) is 0 Å². The van der Waals surface area contributed by atoms with Crippen LogP contribution in [0.3, 0.4) is 0 Å². The summed E-state index contributed by atoms with van der Waals surface area (Å²) in [5, 5.41) is 3.71. The molecule has 1 nitrogen and oxygen atoms in total. The van der Waals surface area contributed by atoms with Crippen LogP contribution in [0.4, 0.5) is 0 Å². The molecule has 0 heterocycles. The minimum Gasteiger partial charge on any atom is -0.307 e. The fraction of sp³-hybridized carbons (Fsp3) is 0.600. The van der Waals surface area contributed by atoms with E-state index in [1.807, 2.05) is 0 Å². The molecule has 2 unspecified atom stereocenters. The van der Waals surface area contributed by atoms with Gasteiger partial charge in [0.1, 0.15) is 0 Å². The number of hydrogen-bond acceptors (Lipinski definition) is 1. The van der Waals surface area contributed by atoms with Crippen molar-refractivity contribution in [3.63, 3.8) is 0 Å². The van der Waals surface area contributed by atoms with Crippen molar-refractivity contribution >= 4 is 0 Å². The molecule has 0 fully saturated rings. The van der Waals surface area contributed by atoms with Crippen molar-refractivity contribution in [2.24, 2.45) is 5.92 Å². The lowest BCUT2D eigenvalue weighted by Gasteiger charge is -2.23. The minimum absolute atomic E-state index is 0.495. The Morgan fingerprint density at radius 3 is 2.19 bits per heavy atom.